The normalized spacial score (nSPS) is 38.9. The summed E-state index contributed by atoms with van der Waals surface area (Å²) in [5, 5.41) is 9.13. The van der Waals surface area contributed by atoms with Crippen LogP contribution < -0.4 is 0 Å². The van der Waals surface area contributed by atoms with Gasteiger partial charge in [-0.15, -0.1) is 0 Å². The minimum absolute atomic E-state index is 0.0556. The molecule has 0 spiro atoms. The van der Waals surface area contributed by atoms with Gasteiger partial charge in [0.05, 0.1) is 12.1 Å². The predicted molar refractivity (Wildman–Crippen MR) is 39.8 cm³/mol. The van der Waals surface area contributed by atoms with E-state index in [1.54, 1.807) is 0 Å². The second kappa shape index (κ2) is 2.07. The van der Waals surface area contributed by atoms with Crippen molar-refractivity contribution in [1.82, 2.24) is 4.90 Å². The molecule has 0 unspecified atom stereocenters. The maximum Gasteiger partial charge on any atom is 0.0651 e. The van der Waals surface area contributed by atoms with Crippen LogP contribution in [-0.2, 0) is 0 Å². The fraction of sp³-hybridized carbons (Fsp3) is 0.750. The van der Waals surface area contributed by atoms with Crippen LogP contribution in [0.5, 0.6) is 0 Å². The lowest BCUT2D eigenvalue weighted by molar-refractivity contribution is 0.124. The highest BCUT2D eigenvalue weighted by molar-refractivity contribution is 5.17. The van der Waals surface area contributed by atoms with Crippen molar-refractivity contribution in [2.24, 2.45) is 0 Å². The molecule has 0 radical (unpaired) electrons. The van der Waals surface area contributed by atoms with Gasteiger partial charge in [-0.1, -0.05) is 12.2 Å². The van der Waals surface area contributed by atoms with Gasteiger partial charge in [0.25, 0.3) is 0 Å². The first-order valence-electron chi connectivity index (χ1n) is 3.91. The molecule has 0 aromatic rings. The van der Waals surface area contributed by atoms with Gasteiger partial charge in [-0.3, -0.25) is 4.90 Å². The minimum atomic E-state index is 0.0556. The monoisotopic (exact) mass is 139 g/mol. The first kappa shape index (κ1) is 6.38. The molecule has 0 saturated carbocycles. The third-order valence-corrected chi connectivity index (χ3v) is 2.70. The molecule has 0 aromatic carbocycles. The molecule has 0 aromatic heterocycles. The number of aliphatic hydroxyl groups excluding tert-OH is 1. The van der Waals surface area contributed by atoms with E-state index in [4.69, 9.17) is 5.11 Å². The minimum Gasteiger partial charge on any atom is -0.394 e. The van der Waals surface area contributed by atoms with E-state index in [9.17, 15) is 0 Å². The Morgan fingerprint density at radius 1 is 1.60 bits per heavy atom. The Balaban J connectivity index is 2.23. The number of nitrogens with zero attached hydrogens (tertiary/aromatic N) is 1. The molecule has 0 amide bonds. The van der Waals surface area contributed by atoms with Crippen LogP contribution in [0.3, 0.4) is 0 Å². The van der Waals surface area contributed by atoms with Gasteiger partial charge in [0, 0.05) is 6.54 Å². The number of hydrogen-bond donors (Lipinski definition) is 1. The lowest BCUT2D eigenvalue weighted by atomic mass is 9.99. The van der Waals surface area contributed by atoms with Gasteiger partial charge in [0.1, 0.15) is 0 Å². The average Bonchev–Trinajstić information content (AvgIpc) is 2.42. The molecule has 10 heavy (non-hydrogen) atoms. The summed E-state index contributed by atoms with van der Waals surface area (Å²) in [4.78, 5) is 2.35. The smallest absolute Gasteiger partial charge is 0.0651 e. The van der Waals surface area contributed by atoms with Gasteiger partial charge < -0.3 is 5.11 Å². The van der Waals surface area contributed by atoms with E-state index in [2.05, 4.69) is 17.1 Å². The molecule has 2 nitrogen and oxygen atoms in total. The van der Waals surface area contributed by atoms with Gasteiger partial charge in [-0.25, -0.2) is 0 Å². The van der Waals surface area contributed by atoms with Crippen LogP contribution in [0.2, 0.25) is 0 Å². The molecule has 2 aliphatic rings. The van der Waals surface area contributed by atoms with Gasteiger partial charge in [-0.2, -0.15) is 0 Å². The number of aliphatic hydroxyl groups is 1. The van der Waals surface area contributed by atoms with Crippen LogP contribution in [0, 0.1) is 0 Å². The lowest BCUT2D eigenvalue weighted by Crippen LogP contribution is -2.41. The lowest BCUT2D eigenvalue weighted by Gasteiger charge is -2.28. The SMILES string of the molecule is OC[C@]12C=CCN1CCC2. The van der Waals surface area contributed by atoms with Gasteiger partial charge in [-0.05, 0) is 19.4 Å². The van der Waals surface area contributed by atoms with Gasteiger partial charge in [0.2, 0.25) is 0 Å². The van der Waals surface area contributed by atoms with Crippen LogP contribution >= 0.6 is 0 Å². The molecular formula is C8H13NO. The number of rotatable bonds is 1. The standard InChI is InChI=1S/C8H13NO/c10-7-8-3-1-5-9(8)6-2-4-8/h1,3,10H,2,4-7H2/t8-/m1/s1. The zero-order valence-electron chi connectivity index (χ0n) is 6.08. The van der Waals surface area contributed by atoms with E-state index in [1.807, 2.05) is 0 Å². The Morgan fingerprint density at radius 2 is 2.50 bits per heavy atom. The Labute approximate surface area is 61.1 Å². The van der Waals surface area contributed by atoms with Crippen LogP contribution in [-0.4, -0.2) is 35.2 Å². The Hall–Kier alpha value is -0.340. The van der Waals surface area contributed by atoms with Crippen LogP contribution in [0.4, 0.5) is 0 Å². The highest BCUT2D eigenvalue weighted by atomic mass is 16.3. The van der Waals surface area contributed by atoms with Crippen LogP contribution in [0.25, 0.3) is 0 Å². The van der Waals surface area contributed by atoms with Crippen molar-refractivity contribution in [2.45, 2.75) is 18.4 Å². The van der Waals surface area contributed by atoms with Crippen LogP contribution in [0.1, 0.15) is 12.8 Å². The summed E-state index contributed by atoms with van der Waals surface area (Å²) < 4.78 is 0. The third-order valence-electron chi connectivity index (χ3n) is 2.70. The zero-order chi connectivity index (χ0) is 7.03. The van der Waals surface area contributed by atoms with Crippen molar-refractivity contribution >= 4 is 0 Å². The molecule has 2 heteroatoms. The second-order valence-corrected chi connectivity index (χ2v) is 3.21. The summed E-state index contributed by atoms with van der Waals surface area (Å²) in [5.74, 6) is 0. The fourth-order valence-electron chi connectivity index (χ4n) is 2.05. The summed E-state index contributed by atoms with van der Waals surface area (Å²) >= 11 is 0. The highest BCUT2D eigenvalue weighted by Gasteiger charge is 2.40. The van der Waals surface area contributed by atoms with Crippen molar-refractivity contribution in [3.63, 3.8) is 0 Å². The van der Waals surface area contributed by atoms with Crippen molar-refractivity contribution in [2.75, 3.05) is 19.7 Å². The first-order valence-corrected chi connectivity index (χ1v) is 3.91. The molecule has 0 bridgehead atoms. The topological polar surface area (TPSA) is 23.5 Å². The van der Waals surface area contributed by atoms with Crippen molar-refractivity contribution in [3.8, 4) is 0 Å². The largest absolute Gasteiger partial charge is 0.394 e. The second-order valence-electron chi connectivity index (χ2n) is 3.21. The molecule has 0 aliphatic carbocycles. The number of fused-ring (bicyclic) bond motifs is 1. The molecule has 1 atom stereocenters. The van der Waals surface area contributed by atoms with E-state index < -0.39 is 0 Å². The quantitative estimate of drug-likeness (QED) is 0.531. The molecule has 1 fully saturated rings. The molecule has 2 aliphatic heterocycles. The van der Waals surface area contributed by atoms with E-state index in [0.29, 0.717) is 6.61 Å². The zero-order valence-corrected chi connectivity index (χ0v) is 6.08. The van der Waals surface area contributed by atoms with E-state index in [-0.39, 0.29) is 5.54 Å². The summed E-state index contributed by atoms with van der Waals surface area (Å²) in [6.45, 7) is 2.50. The van der Waals surface area contributed by atoms with Crippen molar-refractivity contribution in [3.05, 3.63) is 12.2 Å². The molecule has 1 saturated heterocycles. The highest BCUT2D eigenvalue weighted by Crippen LogP contribution is 2.33. The maximum atomic E-state index is 9.13. The third kappa shape index (κ3) is 0.662. The fourth-order valence-corrected chi connectivity index (χ4v) is 2.05. The first-order chi connectivity index (χ1) is 4.87. The Morgan fingerprint density at radius 3 is 3.20 bits per heavy atom. The summed E-state index contributed by atoms with van der Waals surface area (Å²) in [6, 6.07) is 0. The summed E-state index contributed by atoms with van der Waals surface area (Å²) in [6.07, 6.45) is 6.71. The van der Waals surface area contributed by atoms with E-state index in [1.165, 1.54) is 6.42 Å². The number of hydrogen-bond acceptors (Lipinski definition) is 2. The average molecular weight is 139 g/mol. The molecular weight excluding hydrogens is 126 g/mol. The molecule has 1 N–H and O–H groups in total. The Bertz CT molecular complexity index is 167. The predicted octanol–water partition coefficient (Wildman–Crippen LogP) is 0.383. The van der Waals surface area contributed by atoms with E-state index >= 15 is 0 Å². The van der Waals surface area contributed by atoms with Gasteiger partial charge in [0.15, 0.2) is 0 Å². The van der Waals surface area contributed by atoms with Crippen molar-refractivity contribution in [1.29, 1.82) is 0 Å². The summed E-state index contributed by atoms with van der Waals surface area (Å²) in [7, 11) is 0. The van der Waals surface area contributed by atoms with Gasteiger partial charge >= 0.3 is 0 Å². The Kier molecular flexibility index (Phi) is 1.32. The summed E-state index contributed by atoms with van der Waals surface area (Å²) in [5.41, 5.74) is 0.0556. The molecule has 2 rings (SSSR count). The maximum absolute atomic E-state index is 9.13. The van der Waals surface area contributed by atoms with Crippen molar-refractivity contribution < 1.29 is 5.11 Å². The molecule has 2 heterocycles. The molecule has 56 valence electrons. The van der Waals surface area contributed by atoms with Crippen LogP contribution in [0.15, 0.2) is 12.2 Å². The van der Waals surface area contributed by atoms with E-state index in [0.717, 1.165) is 19.5 Å².